The maximum atomic E-state index is 12.4. The van der Waals surface area contributed by atoms with Crippen molar-refractivity contribution in [1.82, 2.24) is 19.7 Å². The fourth-order valence-electron chi connectivity index (χ4n) is 2.37. The molecule has 0 aliphatic heterocycles. The van der Waals surface area contributed by atoms with E-state index in [1.807, 2.05) is 26.8 Å². The number of aliphatic carboxylic acids is 1. The largest absolute Gasteiger partial charge is 0.480 e. The van der Waals surface area contributed by atoms with Crippen LogP contribution < -0.4 is 0 Å². The average molecular weight is 316 g/mol. The van der Waals surface area contributed by atoms with Gasteiger partial charge in [-0.15, -0.1) is 0 Å². The molecule has 2 aromatic rings. The van der Waals surface area contributed by atoms with Crippen LogP contribution in [0.4, 0.5) is 0 Å². The number of hydrogen-bond donors (Lipinski definition) is 1. The van der Waals surface area contributed by atoms with Crippen LogP contribution in [0.1, 0.15) is 35.1 Å². The summed E-state index contributed by atoms with van der Waals surface area (Å²) < 4.78 is 1.70. The Labute approximate surface area is 134 Å². The number of carboxylic acid groups (broad SMARTS) is 1. The lowest BCUT2D eigenvalue weighted by molar-refractivity contribution is -0.137. The maximum absolute atomic E-state index is 12.4. The van der Waals surface area contributed by atoms with E-state index in [1.165, 1.54) is 11.1 Å². The molecule has 7 nitrogen and oxygen atoms in total. The van der Waals surface area contributed by atoms with Gasteiger partial charge in [0.25, 0.3) is 5.91 Å². The molecule has 0 atom stereocenters. The number of carboxylic acids is 1. The summed E-state index contributed by atoms with van der Waals surface area (Å²) in [6.45, 7) is 5.80. The van der Waals surface area contributed by atoms with Crippen LogP contribution in [0.5, 0.6) is 0 Å². The van der Waals surface area contributed by atoms with Crippen LogP contribution in [-0.4, -0.2) is 49.7 Å². The Balaban J connectivity index is 2.22. The van der Waals surface area contributed by atoms with E-state index in [1.54, 1.807) is 16.8 Å². The number of pyridine rings is 1. The van der Waals surface area contributed by atoms with Gasteiger partial charge in [0.2, 0.25) is 0 Å². The number of hydrogen-bond acceptors (Lipinski definition) is 4. The number of amides is 1. The van der Waals surface area contributed by atoms with Gasteiger partial charge in [-0.05, 0) is 38.5 Å². The SMILES string of the molecule is CCCN(CC(=O)O)C(=O)c1ccc(-n2nc(C)cc2C)nc1. The van der Waals surface area contributed by atoms with Gasteiger partial charge in [-0.1, -0.05) is 6.92 Å². The summed E-state index contributed by atoms with van der Waals surface area (Å²) in [5.41, 5.74) is 2.21. The zero-order valence-corrected chi connectivity index (χ0v) is 13.5. The van der Waals surface area contributed by atoms with Crippen molar-refractivity contribution in [3.8, 4) is 5.82 Å². The molecule has 23 heavy (non-hydrogen) atoms. The van der Waals surface area contributed by atoms with Crippen LogP contribution in [-0.2, 0) is 4.79 Å². The van der Waals surface area contributed by atoms with Gasteiger partial charge < -0.3 is 10.0 Å². The molecule has 0 saturated carbocycles. The first-order valence-electron chi connectivity index (χ1n) is 7.43. The average Bonchev–Trinajstić information content (AvgIpc) is 2.84. The molecule has 7 heteroatoms. The van der Waals surface area contributed by atoms with Crippen LogP contribution in [0.2, 0.25) is 0 Å². The second-order valence-electron chi connectivity index (χ2n) is 5.36. The first kappa shape index (κ1) is 16.7. The number of carbonyl (C=O) groups excluding carboxylic acids is 1. The molecule has 0 bridgehead atoms. The molecule has 0 fully saturated rings. The molecule has 2 aromatic heterocycles. The summed E-state index contributed by atoms with van der Waals surface area (Å²) in [4.78, 5) is 28.8. The zero-order valence-electron chi connectivity index (χ0n) is 13.5. The minimum absolute atomic E-state index is 0.314. The van der Waals surface area contributed by atoms with Crippen molar-refractivity contribution in [2.75, 3.05) is 13.1 Å². The Hall–Kier alpha value is -2.70. The Morgan fingerprint density at radius 1 is 1.30 bits per heavy atom. The lowest BCUT2D eigenvalue weighted by Crippen LogP contribution is -2.36. The topological polar surface area (TPSA) is 88.3 Å². The van der Waals surface area contributed by atoms with Gasteiger partial charge in [0.1, 0.15) is 6.54 Å². The fourth-order valence-corrected chi connectivity index (χ4v) is 2.37. The van der Waals surface area contributed by atoms with E-state index in [9.17, 15) is 9.59 Å². The smallest absolute Gasteiger partial charge is 0.323 e. The van der Waals surface area contributed by atoms with E-state index >= 15 is 0 Å². The number of aryl methyl sites for hydroxylation is 2. The van der Waals surface area contributed by atoms with Gasteiger partial charge in [0.15, 0.2) is 5.82 Å². The normalized spacial score (nSPS) is 10.6. The third-order valence-corrected chi connectivity index (χ3v) is 3.33. The van der Waals surface area contributed by atoms with Gasteiger partial charge >= 0.3 is 5.97 Å². The monoisotopic (exact) mass is 316 g/mol. The van der Waals surface area contributed by atoms with Gasteiger partial charge in [-0.3, -0.25) is 9.59 Å². The zero-order chi connectivity index (χ0) is 17.0. The molecule has 2 rings (SSSR count). The standard InChI is InChI=1S/C16H20N4O3/c1-4-7-19(10-15(21)22)16(23)13-5-6-14(17-9-13)20-12(3)8-11(2)18-20/h5-6,8-9H,4,7,10H2,1-3H3,(H,21,22). The number of aromatic nitrogens is 3. The van der Waals surface area contributed by atoms with Crippen molar-refractivity contribution in [3.05, 3.63) is 41.3 Å². The highest BCUT2D eigenvalue weighted by Crippen LogP contribution is 2.11. The molecule has 0 unspecified atom stereocenters. The first-order chi connectivity index (χ1) is 10.9. The van der Waals surface area contributed by atoms with E-state index in [-0.39, 0.29) is 12.5 Å². The van der Waals surface area contributed by atoms with E-state index in [2.05, 4.69) is 10.1 Å². The minimum atomic E-state index is -1.03. The molecule has 0 aliphatic carbocycles. The van der Waals surface area contributed by atoms with Gasteiger partial charge in [-0.25, -0.2) is 9.67 Å². The molecular formula is C16H20N4O3. The molecule has 122 valence electrons. The van der Waals surface area contributed by atoms with Gasteiger partial charge in [-0.2, -0.15) is 5.10 Å². The van der Waals surface area contributed by atoms with E-state index in [0.29, 0.717) is 24.3 Å². The fraction of sp³-hybridized carbons (Fsp3) is 0.375. The summed E-state index contributed by atoms with van der Waals surface area (Å²) in [6, 6.07) is 5.29. The Kier molecular flexibility index (Phi) is 5.10. The second-order valence-corrected chi connectivity index (χ2v) is 5.36. The number of rotatable bonds is 6. The predicted octanol–water partition coefficient (Wildman–Crippen LogP) is 1.82. The van der Waals surface area contributed by atoms with E-state index in [4.69, 9.17) is 5.11 Å². The van der Waals surface area contributed by atoms with Crippen molar-refractivity contribution >= 4 is 11.9 Å². The van der Waals surface area contributed by atoms with Crippen LogP contribution >= 0.6 is 0 Å². The van der Waals surface area contributed by atoms with Crippen molar-refractivity contribution < 1.29 is 14.7 Å². The van der Waals surface area contributed by atoms with Crippen LogP contribution in [0.3, 0.4) is 0 Å². The lowest BCUT2D eigenvalue weighted by Gasteiger charge is -2.19. The summed E-state index contributed by atoms with van der Waals surface area (Å²) in [7, 11) is 0. The molecule has 0 saturated heterocycles. The van der Waals surface area contributed by atoms with E-state index < -0.39 is 5.97 Å². The van der Waals surface area contributed by atoms with Crippen molar-refractivity contribution in [2.24, 2.45) is 0 Å². The van der Waals surface area contributed by atoms with Crippen LogP contribution in [0.15, 0.2) is 24.4 Å². The molecule has 1 N–H and O–H groups in total. The van der Waals surface area contributed by atoms with Gasteiger partial charge in [0, 0.05) is 18.4 Å². The number of carbonyl (C=O) groups is 2. The Morgan fingerprint density at radius 3 is 2.52 bits per heavy atom. The molecule has 0 radical (unpaired) electrons. The molecule has 0 aliphatic rings. The first-order valence-corrected chi connectivity index (χ1v) is 7.43. The van der Waals surface area contributed by atoms with Crippen molar-refractivity contribution in [3.63, 3.8) is 0 Å². The third kappa shape index (κ3) is 3.94. The highest BCUT2D eigenvalue weighted by atomic mass is 16.4. The summed E-state index contributed by atoms with van der Waals surface area (Å²) in [5, 5.41) is 13.3. The van der Waals surface area contributed by atoms with Crippen molar-refractivity contribution in [2.45, 2.75) is 27.2 Å². The van der Waals surface area contributed by atoms with Crippen LogP contribution in [0, 0.1) is 13.8 Å². The summed E-state index contributed by atoms with van der Waals surface area (Å²) in [6.07, 6.45) is 2.15. The Morgan fingerprint density at radius 2 is 2.04 bits per heavy atom. The molecule has 2 heterocycles. The quantitative estimate of drug-likeness (QED) is 0.878. The molecule has 0 aromatic carbocycles. The second kappa shape index (κ2) is 7.04. The molecular weight excluding hydrogens is 296 g/mol. The summed E-state index contributed by atoms with van der Waals surface area (Å²) in [5.74, 6) is -0.742. The number of nitrogens with zero attached hydrogens (tertiary/aromatic N) is 4. The highest BCUT2D eigenvalue weighted by molar-refractivity contribution is 5.95. The molecule has 0 spiro atoms. The highest BCUT2D eigenvalue weighted by Gasteiger charge is 2.18. The molecule has 1 amide bonds. The minimum Gasteiger partial charge on any atom is -0.480 e. The Bertz CT molecular complexity index is 707. The van der Waals surface area contributed by atoms with E-state index in [0.717, 1.165) is 11.4 Å². The summed E-state index contributed by atoms with van der Waals surface area (Å²) >= 11 is 0. The third-order valence-electron chi connectivity index (χ3n) is 3.33. The van der Waals surface area contributed by atoms with Gasteiger partial charge in [0.05, 0.1) is 11.3 Å². The maximum Gasteiger partial charge on any atom is 0.323 e. The van der Waals surface area contributed by atoms with Crippen molar-refractivity contribution in [1.29, 1.82) is 0 Å². The predicted molar refractivity (Wildman–Crippen MR) is 84.7 cm³/mol. The lowest BCUT2D eigenvalue weighted by atomic mass is 10.2. The van der Waals surface area contributed by atoms with Crippen LogP contribution in [0.25, 0.3) is 5.82 Å².